The van der Waals surface area contributed by atoms with Gasteiger partial charge in [0.1, 0.15) is 29.2 Å². The summed E-state index contributed by atoms with van der Waals surface area (Å²) in [5, 5.41) is 8.38. The number of nitrogens with zero attached hydrogens (tertiary/aromatic N) is 7. The molecule has 1 amide bonds. The average Bonchev–Trinajstić information content (AvgIpc) is 3.56. The minimum atomic E-state index is -0.774. The van der Waals surface area contributed by atoms with Crippen LogP contribution < -0.4 is 4.90 Å². The lowest BCUT2D eigenvalue weighted by Gasteiger charge is -2.16. The minimum absolute atomic E-state index is 0.00531. The maximum atomic E-state index is 14.5. The van der Waals surface area contributed by atoms with E-state index in [-0.39, 0.29) is 36.1 Å². The maximum absolute atomic E-state index is 14.5. The Balaban J connectivity index is 1.55. The molecule has 1 aliphatic rings. The van der Waals surface area contributed by atoms with E-state index in [1.54, 1.807) is 12.1 Å². The third-order valence-electron chi connectivity index (χ3n) is 4.95. The Bertz CT molecular complexity index is 1370. The smallest absolute Gasteiger partial charge is 0.256 e. The van der Waals surface area contributed by atoms with Crippen molar-refractivity contribution in [2.75, 3.05) is 18.6 Å². The molecule has 0 bridgehead atoms. The maximum Gasteiger partial charge on any atom is 0.256 e. The first-order valence-electron chi connectivity index (χ1n) is 9.70. The van der Waals surface area contributed by atoms with Gasteiger partial charge in [-0.1, -0.05) is 5.16 Å². The van der Waals surface area contributed by atoms with E-state index in [0.717, 1.165) is 11.1 Å². The summed E-state index contributed by atoms with van der Waals surface area (Å²) >= 11 is 0. The molecule has 0 radical (unpaired) electrons. The lowest BCUT2D eigenvalue weighted by Crippen LogP contribution is -2.28. The molecular formula is C21H15F2N7O3. The van der Waals surface area contributed by atoms with Gasteiger partial charge in [-0.25, -0.2) is 18.7 Å². The van der Waals surface area contributed by atoms with Gasteiger partial charge in [0.05, 0.1) is 37.8 Å². The number of ether oxygens (including phenoxy) is 1. The number of anilines is 1. The van der Waals surface area contributed by atoms with Gasteiger partial charge in [-0.15, -0.1) is 0 Å². The van der Waals surface area contributed by atoms with Crippen LogP contribution >= 0.6 is 0 Å². The van der Waals surface area contributed by atoms with Crippen molar-refractivity contribution < 1.29 is 22.8 Å². The van der Waals surface area contributed by atoms with Crippen molar-refractivity contribution in [3.8, 4) is 22.9 Å². The molecule has 166 valence electrons. The molecule has 0 spiro atoms. The molecule has 0 saturated carbocycles. The topological polar surface area (TPSA) is 112 Å². The number of methoxy groups -OCH3 is 1. The monoisotopic (exact) mass is 451 g/mol. The van der Waals surface area contributed by atoms with Gasteiger partial charge in [-0.05, 0) is 18.2 Å². The number of amides is 1. The number of carbonyl (C=O) groups is 1. The van der Waals surface area contributed by atoms with Crippen molar-refractivity contribution in [1.82, 2.24) is 29.9 Å². The van der Waals surface area contributed by atoms with E-state index in [1.165, 1.54) is 42.5 Å². The number of aromatic nitrogens is 6. The Labute approximate surface area is 185 Å². The number of pyridine rings is 1. The summed E-state index contributed by atoms with van der Waals surface area (Å²) < 4.78 is 40.2. The Hall–Kier alpha value is -4.48. The molecule has 0 aromatic carbocycles. The van der Waals surface area contributed by atoms with Crippen LogP contribution in [0.25, 0.3) is 22.9 Å². The first kappa shape index (κ1) is 20.4. The molecule has 5 heterocycles. The van der Waals surface area contributed by atoms with Crippen molar-refractivity contribution >= 4 is 11.7 Å². The van der Waals surface area contributed by atoms with Crippen molar-refractivity contribution in [3.05, 3.63) is 72.1 Å². The number of halogens is 2. The van der Waals surface area contributed by atoms with Gasteiger partial charge in [-0.2, -0.15) is 5.10 Å². The van der Waals surface area contributed by atoms with Gasteiger partial charge in [0.2, 0.25) is 0 Å². The summed E-state index contributed by atoms with van der Waals surface area (Å²) in [7, 11) is 1.42. The molecule has 0 N–H and O–H groups in total. The minimum Gasteiger partial charge on any atom is -0.499 e. The highest BCUT2D eigenvalue weighted by molar-refractivity contribution is 6.04. The highest BCUT2D eigenvalue weighted by Gasteiger charge is 2.28. The molecule has 5 rings (SSSR count). The molecule has 33 heavy (non-hydrogen) atoms. The van der Waals surface area contributed by atoms with Crippen LogP contribution in [0.5, 0.6) is 0 Å². The first-order valence-corrected chi connectivity index (χ1v) is 9.70. The van der Waals surface area contributed by atoms with E-state index in [1.807, 2.05) is 0 Å². The van der Waals surface area contributed by atoms with E-state index >= 15 is 0 Å². The molecule has 0 aliphatic carbocycles. The summed E-state index contributed by atoms with van der Waals surface area (Å²) in [6, 6.07) is 6.01. The molecule has 0 fully saturated rings. The molecule has 1 aliphatic heterocycles. The van der Waals surface area contributed by atoms with Crippen LogP contribution in [0.15, 0.2) is 59.3 Å². The highest BCUT2D eigenvalue weighted by atomic mass is 19.1. The second-order valence-electron chi connectivity index (χ2n) is 6.99. The quantitative estimate of drug-likeness (QED) is 0.440. The van der Waals surface area contributed by atoms with Gasteiger partial charge in [0, 0.05) is 18.3 Å². The second-order valence-corrected chi connectivity index (χ2v) is 6.99. The van der Waals surface area contributed by atoms with Crippen LogP contribution in [0.3, 0.4) is 0 Å². The number of hydrogen-bond donors (Lipinski definition) is 0. The molecule has 4 aromatic heterocycles. The summed E-state index contributed by atoms with van der Waals surface area (Å²) in [4.78, 5) is 25.7. The molecule has 0 unspecified atom stereocenters. The summed E-state index contributed by atoms with van der Waals surface area (Å²) in [6.45, 7) is 0.0366. The third-order valence-corrected chi connectivity index (χ3v) is 4.95. The van der Waals surface area contributed by atoms with E-state index in [2.05, 4.69) is 25.2 Å². The normalized spacial score (nSPS) is 13.5. The van der Waals surface area contributed by atoms with Crippen LogP contribution in [-0.4, -0.2) is 49.5 Å². The molecule has 4 aromatic rings. The zero-order valence-electron chi connectivity index (χ0n) is 17.1. The van der Waals surface area contributed by atoms with Crippen molar-refractivity contribution in [3.63, 3.8) is 0 Å². The Kier molecular flexibility index (Phi) is 5.09. The van der Waals surface area contributed by atoms with Crippen LogP contribution in [-0.2, 0) is 16.1 Å². The predicted molar refractivity (Wildman–Crippen MR) is 109 cm³/mol. The highest BCUT2D eigenvalue weighted by Crippen LogP contribution is 2.28. The molecule has 0 saturated heterocycles. The number of rotatable bonds is 6. The predicted octanol–water partition coefficient (Wildman–Crippen LogP) is 2.59. The van der Waals surface area contributed by atoms with E-state index in [4.69, 9.17) is 9.26 Å². The van der Waals surface area contributed by atoms with Crippen molar-refractivity contribution in [2.45, 2.75) is 6.54 Å². The van der Waals surface area contributed by atoms with Gasteiger partial charge < -0.3 is 9.26 Å². The van der Waals surface area contributed by atoms with E-state index in [0.29, 0.717) is 17.1 Å². The summed E-state index contributed by atoms with van der Waals surface area (Å²) in [5.74, 6) is -1.49. The van der Waals surface area contributed by atoms with Crippen LogP contribution in [0.4, 0.5) is 14.6 Å². The lowest BCUT2D eigenvalue weighted by molar-refractivity contribution is -0.113. The van der Waals surface area contributed by atoms with E-state index < -0.39 is 17.5 Å². The number of hydrogen-bond acceptors (Lipinski definition) is 8. The standard InChI is InChI=1S/C21H15F2N7O3/c1-32-12-7-19(31)29(10-12)21-14(23)9-25-20(26-21)16-8-18(15-4-6-33-28-15)30(27-16)11-17-13(22)3-2-5-24-17/h2-9H,10-11H2,1H3. The zero-order chi connectivity index (χ0) is 22.9. The van der Waals surface area contributed by atoms with Gasteiger partial charge in [-0.3, -0.25) is 19.4 Å². The lowest BCUT2D eigenvalue weighted by atomic mass is 10.2. The fraction of sp³-hybridized carbons (Fsp3) is 0.143. The SMILES string of the molecule is COC1=CC(=O)N(c2nc(-c3cc(-c4ccon4)n(Cc4ncccc4F)n3)ncc2F)C1. The summed E-state index contributed by atoms with van der Waals surface area (Å²) in [5.41, 5.74) is 1.35. The molecule has 12 heteroatoms. The van der Waals surface area contributed by atoms with Crippen LogP contribution in [0.1, 0.15) is 5.69 Å². The largest absolute Gasteiger partial charge is 0.499 e. The van der Waals surface area contributed by atoms with E-state index in [9.17, 15) is 13.6 Å². The van der Waals surface area contributed by atoms with Crippen molar-refractivity contribution in [1.29, 1.82) is 0 Å². The van der Waals surface area contributed by atoms with Gasteiger partial charge in [0.25, 0.3) is 5.91 Å². The van der Waals surface area contributed by atoms with Gasteiger partial charge >= 0.3 is 0 Å². The molecule has 0 atom stereocenters. The fourth-order valence-corrected chi connectivity index (χ4v) is 3.34. The number of carbonyl (C=O) groups excluding carboxylic acids is 1. The summed E-state index contributed by atoms with van der Waals surface area (Å²) in [6.07, 6.45) is 5.09. The van der Waals surface area contributed by atoms with Crippen LogP contribution in [0, 0.1) is 11.6 Å². The Morgan fingerprint density at radius 1 is 1.18 bits per heavy atom. The molecule has 10 nitrogen and oxygen atoms in total. The van der Waals surface area contributed by atoms with Gasteiger partial charge in [0.15, 0.2) is 17.5 Å². The zero-order valence-corrected chi connectivity index (χ0v) is 17.1. The Morgan fingerprint density at radius 3 is 2.79 bits per heavy atom. The second kappa shape index (κ2) is 8.22. The fourth-order valence-electron chi connectivity index (χ4n) is 3.34. The van der Waals surface area contributed by atoms with Crippen LogP contribution in [0.2, 0.25) is 0 Å². The Morgan fingerprint density at radius 2 is 2.06 bits per heavy atom. The van der Waals surface area contributed by atoms with Crippen molar-refractivity contribution in [2.24, 2.45) is 0 Å². The first-order chi connectivity index (χ1) is 16.0. The average molecular weight is 451 g/mol. The third kappa shape index (κ3) is 3.82. The molecular weight excluding hydrogens is 436 g/mol.